The molecule has 1 aliphatic heterocycles. The van der Waals surface area contributed by atoms with Crippen LogP contribution in [0, 0.1) is 17.8 Å². The molecule has 7 rings (SSSR count). The SMILES string of the molecule is CNc1cccc2c1Cc1nc(Oc3cccnc3)nc(N3CC4C(C3)C4NCC3CC3)c1-2. The second-order valence-corrected chi connectivity index (χ2v) is 9.81. The molecule has 3 fully saturated rings. The third-order valence-corrected chi connectivity index (χ3v) is 7.68. The lowest BCUT2D eigenvalue weighted by atomic mass is 10.1. The summed E-state index contributed by atoms with van der Waals surface area (Å²) in [4.78, 5) is 16.4. The molecule has 1 saturated heterocycles. The monoisotopic (exact) mass is 440 g/mol. The zero-order valence-corrected chi connectivity index (χ0v) is 18.8. The van der Waals surface area contributed by atoms with E-state index < -0.39 is 0 Å². The van der Waals surface area contributed by atoms with Crippen LogP contribution in [-0.4, -0.2) is 47.7 Å². The van der Waals surface area contributed by atoms with Gasteiger partial charge in [-0.15, -0.1) is 0 Å². The van der Waals surface area contributed by atoms with Crippen molar-refractivity contribution >= 4 is 11.5 Å². The molecule has 0 spiro atoms. The molecule has 2 N–H and O–H groups in total. The summed E-state index contributed by atoms with van der Waals surface area (Å²) in [6.07, 6.45) is 7.03. The van der Waals surface area contributed by atoms with Crippen LogP contribution in [0.15, 0.2) is 42.7 Å². The Kier molecular flexibility index (Phi) is 4.34. The minimum absolute atomic E-state index is 0.402. The Labute approximate surface area is 193 Å². The van der Waals surface area contributed by atoms with Crippen LogP contribution in [0.1, 0.15) is 24.1 Å². The number of nitrogens with one attached hydrogen (secondary N) is 2. The predicted octanol–water partition coefficient (Wildman–Crippen LogP) is 3.71. The largest absolute Gasteiger partial charge is 0.423 e. The maximum absolute atomic E-state index is 6.05. The van der Waals surface area contributed by atoms with Crippen molar-refractivity contribution in [2.24, 2.45) is 17.8 Å². The van der Waals surface area contributed by atoms with Crippen LogP contribution in [0.25, 0.3) is 11.1 Å². The summed E-state index contributed by atoms with van der Waals surface area (Å²) >= 11 is 0. The lowest BCUT2D eigenvalue weighted by Crippen LogP contribution is -2.33. The number of piperidine rings is 1. The van der Waals surface area contributed by atoms with Gasteiger partial charge in [-0.05, 0) is 66.5 Å². The quantitative estimate of drug-likeness (QED) is 0.454. The van der Waals surface area contributed by atoms with E-state index in [4.69, 9.17) is 14.7 Å². The number of hydrogen-bond acceptors (Lipinski definition) is 7. The molecule has 168 valence electrons. The summed E-state index contributed by atoms with van der Waals surface area (Å²) in [6, 6.07) is 11.3. The van der Waals surface area contributed by atoms with Gasteiger partial charge in [0, 0.05) is 50.0 Å². The van der Waals surface area contributed by atoms with Crippen molar-refractivity contribution in [1.29, 1.82) is 0 Å². The van der Waals surface area contributed by atoms with E-state index >= 15 is 0 Å². The third kappa shape index (κ3) is 3.33. The molecule has 0 bridgehead atoms. The fourth-order valence-corrected chi connectivity index (χ4v) is 5.70. The summed E-state index contributed by atoms with van der Waals surface area (Å²) in [7, 11) is 1.98. The summed E-state index contributed by atoms with van der Waals surface area (Å²) in [5.41, 5.74) is 5.89. The molecule has 1 aromatic carbocycles. The number of benzene rings is 1. The van der Waals surface area contributed by atoms with Gasteiger partial charge in [0.1, 0.15) is 11.6 Å². The summed E-state index contributed by atoms with van der Waals surface area (Å²) < 4.78 is 6.05. The Morgan fingerprint density at radius 1 is 1.09 bits per heavy atom. The van der Waals surface area contributed by atoms with E-state index in [-0.39, 0.29) is 0 Å². The van der Waals surface area contributed by atoms with Crippen molar-refractivity contribution in [3.63, 3.8) is 0 Å². The molecular weight excluding hydrogens is 412 g/mol. The lowest BCUT2D eigenvalue weighted by Gasteiger charge is -2.24. The first-order chi connectivity index (χ1) is 16.3. The van der Waals surface area contributed by atoms with Crippen molar-refractivity contribution < 1.29 is 4.74 Å². The first-order valence-electron chi connectivity index (χ1n) is 12.1. The van der Waals surface area contributed by atoms with Crippen LogP contribution in [0.3, 0.4) is 0 Å². The van der Waals surface area contributed by atoms with Crippen molar-refractivity contribution in [2.75, 3.05) is 36.9 Å². The number of nitrogens with zero attached hydrogens (tertiary/aromatic N) is 4. The Hall–Kier alpha value is -3.19. The second-order valence-electron chi connectivity index (χ2n) is 9.81. The van der Waals surface area contributed by atoms with E-state index in [0.717, 1.165) is 54.5 Å². The number of fused-ring (bicyclic) bond motifs is 4. The Morgan fingerprint density at radius 3 is 2.73 bits per heavy atom. The molecule has 0 amide bonds. The normalized spacial score (nSPS) is 24.3. The topological polar surface area (TPSA) is 75.2 Å². The number of rotatable bonds is 7. The minimum Gasteiger partial charge on any atom is -0.423 e. The maximum Gasteiger partial charge on any atom is 0.324 e. The first kappa shape index (κ1) is 19.3. The van der Waals surface area contributed by atoms with Crippen LogP contribution in [-0.2, 0) is 6.42 Å². The Bertz CT molecular complexity index is 1200. The average Bonchev–Trinajstić information content (AvgIpc) is 3.69. The summed E-state index contributed by atoms with van der Waals surface area (Å²) in [5.74, 6) is 4.04. The van der Waals surface area contributed by atoms with Crippen molar-refractivity contribution in [3.05, 3.63) is 54.0 Å². The number of pyridine rings is 1. The smallest absolute Gasteiger partial charge is 0.324 e. The van der Waals surface area contributed by atoms with Gasteiger partial charge in [-0.1, -0.05) is 12.1 Å². The first-order valence-corrected chi connectivity index (χ1v) is 12.1. The highest BCUT2D eigenvalue weighted by Gasteiger charge is 2.56. The maximum atomic E-state index is 6.05. The lowest BCUT2D eigenvalue weighted by molar-refractivity contribution is 0.438. The van der Waals surface area contributed by atoms with Crippen LogP contribution >= 0.6 is 0 Å². The van der Waals surface area contributed by atoms with Crippen molar-refractivity contribution in [2.45, 2.75) is 25.3 Å². The van der Waals surface area contributed by atoms with Gasteiger partial charge < -0.3 is 20.3 Å². The zero-order chi connectivity index (χ0) is 21.9. The number of anilines is 2. The van der Waals surface area contributed by atoms with Gasteiger partial charge >= 0.3 is 6.01 Å². The Balaban J connectivity index is 1.22. The molecule has 0 radical (unpaired) electrons. The van der Waals surface area contributed by atoms with Crippen molar-refractivity contribution in [3.8, 4) is 22.9 Å². The van der Waals surface area contributed by atoms with E-state index in [0.29, 0.717) is 17.8 Å². The second kappa shape index (κ2) is 7.42. The third-order valence-electron chi connectivity index (χ3n) is 7.68. The number of aromatic nitrogens is 3. The van der Waals surface area contributed by atoms with Gasteiger partial charge in [-0.2, -0.15) is 9.97 Å². The highest BCUT2D eigenvalue weighted by Crippen LogP contribution is 2.51. The fourth-order valence-electron chi connectivity index (χ4n) is 5.70. The van der Waals surface area contributed by atoms with Crippen LogP contribution < -0.4 is 20.3 Å². The Morgan fingerprint density at radius 2 is 1.97 bits per heavy atom. The highest BCUT2D eigenvalue weighted by atomic mass is 16.5. The molecule has 2 aromatic heterocycles. The number of hydrogen-bond donors (Lipinski definition) is 2. The van der Waals surface area contributed by atoms with Crippen molar-refractivity contribution in [1.82, 2.24) is 20.3 Å². The van der Waals surface area contributed by atoms with Gasteiger partial charge in [0.05, 0.1) is 11.9 Å². The molecule has 2 atom stereocenters. The molecule has 3 heterocycles. The van der Waals surface area contributed by atoms with E-state index in [2.05, 4.69) is 38.7 Å². The molecule has 3 aliphatic carbocycles. The van der Waals surface area contributed by atoms with E-state index in [1.54, 1.807) is 12.4 Å². The number of ether oxygens (including phenoxy) is 1. The molecule has 2 saturated carbocycles. The molecule has 7 heteroatoms. The molecule has 33 heavy (non-hydrogen) atoms. The molecule has 2 unspecified atom stereocenters. The highest BCUT2D eigenvalue weighted by molar-refractivity contribution is 5.88. The summed E-state index contributed by atoms with van der Waals surface area (Å²) in [6.45, 7) is 3.29. The average molecular weight is 441 g/mol. The minimum atomic E-state index is 0.402. The van der Waals surface area contributed by atoms with Crippen LogP contribution in [0.5, 0.6) is 11.8 Å². The van der Waals surface area contributed by atoms with Crippen LogP contribution in [0.4, 0.5) is 11.5 Å². The van der Waals surface area contributed by atoms with E-state index in [1.807, 2.05) is 19.2 Å². The molecule has 7 nitrogen and oxygen atoms in total. The zero-order valence-electron chi connectivity index (χ0n) is 18.8. The standard InChI is InChI=1S/C26H28N6O/c1-27-21-6-2-5-17-18(21)10-22-23(17)25(31-26(30-22)33-16-4-3-9-28-12-16)32-13-19-20(14-32)24(19)29-11-15-7-8-15/h2-6,9,12,15,19-20,24,27,29H,7-8,10-11,13-14H2,1H3. The fraction of sp³-hybridized carbons (Fsp3) is 0.423. The van der Waals surface area contributed by atoms with E-state index in [9.17, 15) is 0 Å². The van der Waals surface area contributed by atoms with E-state index in [1.165, 1.54) is 36.1 Å². The van der Waals surface area contributed by atoms with Gasteiger partial charge in [0.25, 0.3) is 0 Å². The van der Waals surface area contributed by atoms with Gasteiger partial charge in [0.15, 0.2) is 0 Å². The van der Waals surface area contributed by atoms with Gasteiger partial charge in [-0.3, -0.25) is 4.98 Å². The molecular formula is C26H28N6O. The predicted molar refractivity (Wildman–Crippen MR) is 128 cm³/mol. The van der Waals surface area contributed by atoms with Gasteiger partial charge in [-0.25, -0.2) is 0 Å². The van der Waals surface area contributed by atoms with Gasteiger partial charge in [0.2, 0.25) is 0 Å². The molecule has 3 aromatic rings. The summed E-state index contributed by atoms with van der Waals surface area (Å²) in [5, 5.41) is 7.16. The molecule has 4 aliphatic rings. The van der Waals surface area contributed by atoms with Crippen LogP contribution in [0.2, 0.25) is 0 Å².